The van der Waals surface area contributed by atoms with Gasteiger partial charge in [0.1, 0.15) is 5.75 Å². The van der Waals surface area contributed by atoms with Gasteiger partial charge in [0.25, 0.3) is 0 Å². The molecule has 0 N–H and O–H groups in total. The number of carbonyl (C=O) groups excluding carboxylic acids is 1. The number of nitrogens with zero attached hydrogens (tertiary/aromatic N) is 3. The van der Waals surface area contributed by atoms with Gasteiger partial charge in [0.15, 0.2) is 11.0 Å². The highest BCUT2D eigenvalue weighted by atomic mass is 32.2. The number of hydrogen-bond donors (Lipinski definition) is 0. The molecule has 142 valence electrons. The topological polar surface area (TPSA) is 66.2 Å². The van der Waals surface area contributed by atoms with Gasteiger partial charge < -0.3 is 9.47 Å². The molecule has 2 aromatic heterocycles. The highest BCUT2D eigenvalue weighted by Crippen LogP contribution is 2.34. The lowest BCUT2D eigenvalue weighted by atomic mass is 10.3. The van der Waals surface area contributed by atoms with Gasteiger partial charge in [-0.1, -0.05) is 43.3 Å². The van der Waals surface area contributed by atoms with Gasteiger partial charge in [0, 0.05) is 0 Å². The van der Waals surface area contributed by atoms with Crippen molar-refractivity contribution in [1.29, 1.82) is 0 Å². The second kappa shape index (κ2) is 9.57. The minimum absolute atomic E-state index is 0.182. The Balaban J connectivity index is 1.89. The average Bonchev–Trinajstić information content (AvgIpc) is 3.36. The number of thiophene rings is 1. The van der Waals surface area contributed by atoms with E-state index in [0.29, 0.717) is 17.5 Å². The molecule has 27 heavy (non-hydrogen) atoms. The van der Waals surface area contributed by atoms with Crippen LogP contribution in [0.4, 0.5) is 0 Å². The zero-order chi connectivity index (χ0) is 19.1. The van der Waals surface area contributed by atoms with E-state index in [1.807, 2.05) is 46.3 Å². The van der Waals surface area contributed by atoms with Crippen molar-refractivity contribution in [3.8, 4) is 22.1 Å². The molecule has 0 radical (unpaired) electrons. The summed E-state index contributed by atoms with van der Waals surface area (Å²) >= 11 is 2.89. The van der Waals surface area contributed by atoms with E-state index in [1.165, 1.54) is 11.8 Å². The van der Waals surface area contributed by atoms with Gasteiger partial charge in [-0.3, -0.25) is 9.36 Å². The van der Waals surface area contributed by atoms with Crippen LogP contribution in [0.5, 0.6) is 5.75 Å². The van der Waals surface area contributed by atoms with Crippen molar-refractivity contribution in [1.82, 2.24) is 14.8 Å². The van der Waals surface area contributed by atoms with Crippen LogP contribution in [0.2, 0.25) is 0 Å². The van der Waals surface area contributed by atoms with Crippen LogP contribution < -0.4 is 4.74 Å². The molecule has 0 amide bonds. The first kappa shape index (κ1) is 19.4. The van der Waals surface area contributed by atoms with Crippen LogP contribution in [-0.2, 0) is 9.53 Å². The lowest BCUT2D eigenvalue weighted by Gasteiger charge is -2.13. The third-order valence-electron chi connectivity index (χ3n) is 3.78. The molecule has 0 aliphatic carbocycles. The predicted octanol–water partition coefficient (Wildman–Crippen LogP) is 4.44. The van der Waals surface area contributed by atoms with Crippen LogP contribution >= 0.6 is 23.1 Å². The van der Waals surface area contributed by atoms with Gasteiger partial charge in [-0.25, -0.2) is 0 Å². The maximum atomic E-state index is 12.0. The Morgan fingerprint density at radius 2 is 2.07 bits per heavy atom. The second-order valence-corrected chi connectivity index (χ2v) is 7.54. The summed E-state index contributed by atoms with van der Waals surface area (Å²) in [4.78, 5) is 13.0. The van der Waals surface area contributed by atoms with E-state index in [1.54, 1.807) is 18.4 Å². The lowest BCUT2D eigenvalue weighted by molar-refractivity contribution is -0.140. The third kappa shape index (κ3) is 4.70. The number of benzene rings is 1. The van der Waals surface area contributed by atoms with Crippen molar-refractivity contribution in [2.24, 2.45) is 0 Å². The van der Waals surface area contributed by atoms with Gasteiger partial charge in [-0.2, -0.15) is 0 Å². The van der Waals surface area contributed by atoms with E-state index in [-0.39, 0.29) is 11.7 Å². The number of rotatable bonds is 9. The molecule has 0 atom stereocenters. The molecular formula is C19H21N3O3S2. The summed E-state index contributed by atoms with van der Waals surface area (Å²) in [5.41, 5.74) is 0.829. The molecule has 0 aliphatic heterocycles. The van der Waals surface area contributed by atoms with Gasteiger partial charge in [-0.15, -0.1) is 21.5 Å². The number of para-hydroxylation sites is 2. The Kier molecular flexibility index (Phi) is 6.89. The standard InChI is InChI=1S/C19H21N3O3S2/c1-3-4-11-25-17(23)13-27-19-21-20-18(16-10-7-12-26-16)22(19)14-8-5-6-9-15(14)24-2/h5-10,12H,3-4,11,13H2,1-2H3. The summed E-state index contributed by atoms with van der Waals surface area (Å²) in [5.74, 6) is 1.36. The lowest BCUT2D eigenvalue weighted by Crippen LogP contribution is -2.09. The number of esters is 1. The Hall–Kier alpha value is -2.32. The molecule has 0 aliphatic rings. The predicted molar refractivity (Wildman–Crippen MR) is 108 cm³/mol. The summed E-state index contributed by atoms with van der Waals surface area (Å²) < 4.78 is 12.7. The second-order valence-electron chi connectivity index (χ2n) is 5.65. The first-order valence-corrected chi connectivity index (χ1v) is 10.5. The molecule has 0 spiro atoms. The molecular weight excluding hydrogens is 382 g/mol. The zero-order valence-corrected chi connectivity index (χ0v) is 16.9. The van der Waals surface area contributed by atoms with Gasteiger partial charge in [-0.05, 0) is 30.0 Å². The summed E-state index contributed by atoms with van der Waals surface area (Å²) in [5, 5.41) is 11.3. The molecule has 1 aromatic carbocycles. The highest BCUT2D eigenvalue weighted by molar-refractivity contribution is 7.99. The van der Waals surface area contributed by atoms with Crippen LogP contribution in [0.15, 0.2) is 46.9 Å². The third-order valence-corrected chi connectivity index (χ3v) is 5.55. The SMILES string of the molecule is CCCCOC(=O)CSc1nnc(-c2cccs2)n1-c1ccccc1OC. The minimum Gasteiger partial charge on any atom is -0.495 e. The molecule has 0 fully saturated rings. The number of aromatic nitrogens is 3. The maximum absolute atomic E-state index is 12.0. The first-order chi connectivity index (χ1) is 13.2. The minimum atomic E-state index is -0.249. The normalized spacial score (nSPS) is 10.7. The Labute approximate surface area is 166 Å². The van der Waals surface area contributed by atoms with Gasteiger partial charge in [0.05, 0.1) is 30.0 Å². The van der Waals surface area contributed by atoms with Crippen molar-refractivity contribution in [3.05, 3.63) is 41.8 Å². The van der Waals surface area contributed by atoms with E-state index < -0.39 is 0 Å². The number of ether oxygens (including phenoxy) is 2. The van der Waals surface area contributed by atoms with Gasteiger partial charge >= 0.3 is 5.97 Å². The average molecular weight is 404 g/mol. The van der Waals surface area contributed by atoms with Crippen LogP contribution in [0.3, 0.4) is 0 Å². The van der Waals surface area contributed by atoms with E-state index in [2.05, 4.69) is 17.1 Å². The molecule has 6 nitrogen and oxygen atoms in total. The van der Waals surface area contributed by atoms with Crippen LogP contribution in [0.1, 0.15) is 19.8 Å². The fourth-order valence-corrected chi connectivity index (χ4v) is 3.90. The van der Waals surface area contributed by atoms with Crippen molar-refractivity contribution >= 4 is 29.1 Å². The molecule has 0 saturated carbocycles. The molecule has 3 rings (SSSR count). The largest absolute Gasteiger partial charge is 0.495 e. The number of carbonyl (C=O) groups is 1. The quantitative estimate of drug-likeness (QED) is 0.299. The van der Waals surface area contributed by atoms with E-state index in [9.17, 15) is 4.79 Å². The molecule has 0 bridgehead atoms. The number of hydrogen-bond acceptors (Lipinski definition) is 7. The Morgan fingerprint density at radius 3 is 2.81 bits per heavy atom. The molecule has 0 saturated heterocycles. The van der Waals surface area contributed by atoms with Crippen molar-refractivity contribution in [2.45, 2.75) is 24.9 Å². The maximum Gasteiger partial charge on any atom is 0.316 e. The van der Waals surface area contributed by atoms with Crippen molar-refractivity contribution < 1.29 is 14.3 Å². The first-order valence-electron chi connectivity index (χ1n) is 8.65. The van der Waals surface area contributed by atoms with E-state index in [4.69, 9.17) is 9.47 Å². The zero-order valence-electron chi connectivity index (χ0n) is 15.3. The van der Waals surface area contributed by atoms with Crippen molar-refractivity contribution in [3.63, 3.8) is 0 Å². The van der Waals surface area contributed by atoms with Crippen LogP contribution in [0.25, 0.3) is 16.4 Å². The summed E-state index contributed by atoms with van der Waals surface area (Å²) in [6, 6.07) is 11.6. The highest BCUT2D eigenvalue weighted by Gasteiger charge is 2.20. The molecule has 8 heteroatoms. The van der Waals surface area contributed by atoms with Gasteiger partial charge in [0.2, 0.25) is 0 Å². The molecule has 3 aromatic rings. The number of unbranched alkanes of at least 4 members (excludes halogenated alkanes) is 1. The number of methoxy groups -OCH3 is 1. The number of thioether (sulfide) groups is 1. The molecule has 0 unspecified atom stereocenters. The Morgan fingerprint density at radius 1 is 1.22 bits per heavy atom. The smallest absolute Gasteiger partial charge is 0.316 e. The van der Waals surface area contributed by atoms with Crippen molar-refractivity contribution in [2.75, 3.05) is 19.5 Å². The Bertz CT molecular complexity index is 878. The summed E-state index contributed by atoms with van der Waals surface area (Å²) in [6.07, 6.45) is 1.86. The van der Waals surface area contributed by atoms with Crippen LogP contribution in [0, 0.1) is 0 Å². The monoisotopic (exact) mass is 403 g/mol. The van der Waals surface area contributed by atoms with Crippen LogP contribution in [-0.4, -0.2) is 40.2 Å². The summed E-state index contributed by atoms with van der Waals surface area (Å²) in [6.45, 7) is 2.51. The fraction of sp³-hybridized carbons (Fsp3) is 0.316. The molecule has 2 heterocycles. The summed E-state index contributed by atoms with van der Waals surface area (Å²) in [7, 11) is 1.63. The fourth-order valence-electron chi connectivity index (χ4n) is 2.46. The van der Waals surface area contributed by atoms with E-state index in [0.717, 1.165) is 29.2 Å². The van der Waals surface area contributed by atoms with E-state index >= 15 is 0 Å².